The minimum absolute atomic E-state index is 0.245. The summed E-state index contributed by atoms with van der Waals surface area (Å²) >= 11 is 0. The van der Waals surface area contributed by atoms with Crippen LogP contribution in [-0.4, -0.2) is 17.1 Å². The summed E-state index contributed by atoms with van der Waals surface area (Å²) in [5.41, 5.74) is 5.64. The summed E-state index contributed by atoms with van der Waals surface area (Å²) in [7, 11) is 0. The van der Waals surface area contributed by atoms with Crippen LogP contribution in [-0.2, 0) is 4.74 Å². The van der Waals surface area contributed by atoms with Crippen LogP contribution in [0.4, 0.5) is 0 Å². The van der Waals surface area contributed by atoms with E-state index in [2.05, 4.69) is 47.9 Å². The van der Waals surface area contributed by atoms with Gasteiger partial charge < -0.3 is 9.30 Å². The molecule has 1 aliphatic carbocycles. The van der Waals surface area contributed by atoms with Gasteiger partial charge in [-0.1, -0.05) is 49.6 Å². The van der Waals surface area contributed by atoms with E-state index in [1.165, 1.54) is 54.4 Å². The van der Waals surface area contributed by atoms with E-state index in [1.54, 1.807) is 0 Å². The fraction of sp³-hybridized carbons (Fsp3) is 0.375. The normalized spacial score (nSPS) is 15.2. The number of carbonyl (C=O) groups excluding carboxylic acids is 1. The van der Waals surface area contributed by atoms with E-state index >= 15 is 0 Å². The Kier molecular flexibility index (Phi) is 5.02. The summed E-state index contributed by atoms with van der Waals surface area (Å²) in [6, 6.07) is 17.2. The number of hydrogen-bond donors (Lipinski definition) is 0. The predicted molar refractivity (Wildman–Crippen MR) is 110 cm³/mol. The molecule has 1 heterocycles. The number of ether oxygens (including phenoxy) is 1. The lowest BCUT2D eigenvalue weighted by Crippen LogP contribution is -2.14. The molecule has 0 bridgehead atoms. The van der Waals surface area contributed by atoms with E-state index in [0.717, 1.165) is 5.39 Å². The van der Waals surface area contributed by atoms with E-state index in [1.807, 2.05) is 19.1 Å². The molecular formula is C24H27NO2. The highest BCUT2D eigenvalue weighted by molar-refractivity contribution is 5.98. The maximum Gasteiger partial charge on any atom is 0.338 e. The molecule has 140 valence electrons. The first-order chi connectivity index (χ1) is 13.2. The van der Waals surface area contributed by atoms with Crippen LogP contribution >= 0.6 is 0 Å². The molecule has 3 aromatic rings. The topological polar surface area (TPSA) is 31.2 Å². The molecule has 1 fully saturated rings. The quantitative estimate of drug-likeness (QED) is 0.511. The molecule has 1 aromatic heterocycles. The van der Waals surface area contributed by atoms with Crippen molar-refractivity contribution in [2.75, 3.05) is 6.61 Å². The third-order valence-corrected chi connectivity index (χ3v) is 5.75. The summed E-state index contributed by atoms with van der Waals surface area (Å²) < 4.78 is 7.74. The first kappa shape index (κ1) is 17.8. The van der Waals surface area contributed by atoms with Gasteiger partial charge in [0.25, 0.3) is 0 Å². The molecule has 0 radical (unpaired) electrons. The molecule has 0 amide bonds. The summed E-state index contributed by atoms with van der Waals surface area (Å²) in [6.07, 6.45) is 6.37. The van der Waals surface area contributed by atoms with Crippen LogP contribution in [0, 0.1) is 6.92 Å². The lowest BCUT2D eigenvalue weighted by atomic mass is 9.94. The number of fused-ring (bicyclic) bond motifs is 1. The lowest BCUT2D eigenvalue weighted by molar-refractivity contribution is 0.0526. The van der Waals surface area contributed by atoms with E-state index in [0.29, 0.717) is 18.2 Å². The molecule has 0 aliphatic heterocycles. The Morgan fingerprint density at radius 2 is 1.81 bits per heavy atom. The van der Waals surface area contributed by atoms with E-state index in [4.69, 9.17) is 4.74 Å². The van der Waals surface area contributed by atoms with Gasteiger partial charge in [-0.25, -0.2) is 4.79 Å². The second kappa shape index (κ2) is 7.59. The molecule has 1 aliphatic rings. The maximum absolute atomic E-state index is 12.2. The average molecular weight is 361 g/mol. The Hall–Kier alpha value is -2.55. The van der Waals surface area contributed by atoms with Gasteiger partial charge in [-0.2, -0.15) is 0 Å². The SMILES string of the molecule is CCOC(=O)c1ccc2c(c1)c(C)c(-c1ccccc1)n2C1CCCCC1. The second-order valence-corrected chi connectivity index (χ2v) is 7.45. The van der Waals surface area contributed by atoms with E-state index in [-0.39, 0.29) is 5.97 Å². The van der Waals surface area contributed by atoms with Crippen LogP contribution < -0.4 is 0 Å². The molecule has 2 aromatic carbocycles. The molecule has 0 unspecified atom stereocenters. The first-order valence-corrected chi connectivity index (χ1v) is 10.1. The maximum atomic E-state index is 12.2. The predicted octanol–water partition coefficient (Wildman–Crippen LogP) is 6.30. The van der Waals surface area contributed by atoms with Gasteiger partial charge in [0.1, 0.15) is 0 Å². The number of esters is 1. The second-order valence-electron chi connectivity index (χ2n) is 7.45. The third kappa shape index (κ3) is 3.27. The number of hydrogen-bond acceptors (Lipinski definition) is 2. The lowest BCUT2D eigenvalue weighted by Gasteiger charge is -2.27. The zero-order valence-corrected chi connectivity index (χ0v) is 16.2. The van der Waals surface area contributed by atoms with Crippen LogP contribution in [0.1, 0.15) is 61.0 Å². The van der Waals surface area contributed by atoms with Crippen LogP contribution in [0.25, 0.3) is 22.2 Å². The number of aromatic nitrogens is 1. The monoisotopic (exact) mass is 361 g/mol. The van der Waals surface area contributed by atoms with Crippen molar-refractivity contribution in [2.24, 2.45) is 0 Å². The van der Waals surface area contributed by atoms with Crippen molar-refractivity contribution in [1.29, 1.82) is 0 Å². The van der Waals surface area contributed by atoms with E-state index in [9.17, 15) is 4.79 Å². The fourth-order valence-electron chi connectivity index (χ4n) is 4.49. The van der Waals surface area contributed by atoms with Crippen LogP contribution in [0.15, 0.2) is 48.5 Å². The minimum Gasteiger partial charge on any atom is -0.462 e. The standard InChI is InChI=1S/C24H27NO2/c1-3-27-24(26)19-14-15-22-21(16-19)17(2)23(18-10-6-4-7-11-18)25(22)20-12-8-5-9-13-20/h4,6-7,10-11,14-16,20H,3,5,8-9,12-13H2,1-2H3. The zero-order valence-electron chi connectivity index (χ0n) is 16.2. The Morgan fingerprint density at radius 1 is 1.07 bits per heavy atom. The molecule has 3 heteroatoms. The van der Waals surface area contributed by atoms with Crippen molar-refractivity contribution in [3.8, 4) is 11.3 Å². The molecule has 27 heavy (non-hydrogen) atoms. The minimum atomic E-state index is -0.245. The van der Waals surface area contributed by atoms with Crippen molar-refractivity contribution in [3.05, 3.63) is 59.7 Å². The van der Waals surface area contributed by atoms with Crippen molar-refractivity contribution < 1.29 is 9.53 Å². The number of carbonyl (C=O) groups is 1. The smallest absolute Gasteiger partial charge is 0.338 e. The zero-order chi connectivity index (χ0) is 18.8. The molecule has 0 N–H and O–H groups in total. The average Bonchev–Trinajstić information content (AvgIpc) is 3.01. The highest BCUT2D eigenvalue weighted by atomic mass is 16.5. The molecule has 0 atom stereocenters. The van der Waals surface area contributed by atoms with Gasteiger partial charge >= 0.3 is 5.97 Å². The summed E-state index contributed by atoms with van der Waals surface area (Å²) in [6.45, 7) is 4.42. The van der Waals surface area contributed by atoms with Gasteiger partial charge in [0.05, 0.1) is 17.9 Å². The van der Waals surface area contributed by atoms with Gasteiger partial charge in [-0.15, -0.1) is 0 Å². The summed E-state index contributed by atoms with van der Waals surface area (Å²) in [5.74, 6) is -0.245. The van der Waals surface area contributed by atoms with Gasteiger partial charge in [0, 0.05) is 16.9 Å². The fourth-order valence-corrected chi connectivity index (χ4v) is 4.49. The van der Waals surface area contributed by atoms with Crippen LogP contribution in [0.3, 0.4) is 0 Å². The Bertz CT molecular complexity index is 949. The summed E-state index contributed by atoms with van der Waals surface area (Å²) in [5, 5.41) is 1.16. The van der Waals surface area contributed by atoms with Crippen molar-refractivity contribution >= 4 is 16.9 Å². The van der Waals surface area contributed by atoms with Crippen molar-refractivity contribution in [1.82, 2.24) is 4.57 Å². The number of aryl methyl sites for hydroxylation is 1. The van der Waals surface area contributed by atoms with Gasteiger partial charge in [0.2, 0.25) is 0 Å². The Morgan fingerprint density at radius 3 is 2.52 bits per heavy atom. The molecule has 0 saturated heterocycles. The van der Waals surface area contributed by atoms with Gasteiger partial charge in [-0.05, 0) is 56.0 Å². The first-order valence-electron chi connectivity index (χ1n) is 10.1. The number of benzene rings is 2. The Balaban J connectivity index is 1.93. The summed E-state index contributed by atoms with van der Waals surface area (Å²) in [4.78, 5) is 12.2. The molecule has 3 nitrogen and oxygen atoms in total. The van der Waals surface area contributed by atoms with Crippen molar-refractivity contribution in [2.45, 2.75) is 52.0 Å². The van der Waals surface area contributed by atoms with Crippen molar-refractivity contribution in [3.63, 3.8) is 0 Å². The van der Waals surface area contributed by atoms with Crippen LogP contribution in [0.2, 0.25) is 0 Å². The largest absolute Gasteiger partial charge is 0.462 e. The molecule has 0 spiro atoms. The number of nitrogens with zero attached hydrogens (tertiary/aromatic N) is 1. The Labute approximate surface area is 161 Å². The van der Waals surface area contributed by atoms with Gasteiger partial charge in [-0.3, -0.25) is 0 Å². The molecule has 4 rings (SSSR count). The highest BCUT2D eigenvalue weighted by Crippen LogP contribution is 2.40. The number of rotatable bonds is 4. The molecule has 1 saturated carbocycles. The third-order valence-electron chi connectivity index (χ3n) is 5.75. The van der Waals surface area contributed by atoms with Gasteiger partial charge in [0.15, 0.2) is 0 Å². The highest BCUT2D eigenvalue weighted by Gasteiger charge is 2.24. The van der Waals surface area contributed by atoms with E-state index < -0.39 is 0 Å². The molecular weight excluding hydrogens is 334 g/mol. The van der Waals surface area contributed by atoms with Crippen LogP contribution in [0.5, 0.6) is 0 Å².